The molecule has 0 amide bonds. The molecule has 1 fully saturated rings. The van der Waals surface area contributed by atoms with Crippen molar-refractivity contribution in [2.45, 2.75) is 30.6 Å². The Morgan fingerprint density at radius 3 is 2.48 bits per heavy atom. The predicted molar refractivity (Wildman–Crippen MR) is 71.8 cm³/mol. The molecule has 0 aromatic carbocycles. The van der Waals surface area contributed by atoms with Crippen LogP contribution in [-0.2, 0) is 34.2 Å². The molecule has 0 aliphatic carbocycles. The fraction of sp³-hybridized carbons (Fsp3) is 0.800. The molecule has 122 valence electrons. The average molecular weight is 343 g/mol. The Balaban J connectivity index is 2.74. The Morgan fingerprint density at radius 2 is 2.05 bits per heavy atom. The SMILES string of the molecule is COC(=O)CCC(NS(=O)(=O)C1CCS(=O)(=O)C1)C(=O)O. The van der Waals surface area contributed by atoms with Crippen molar-refractivity contribution < 1.29 is 36.3 Å². The standard InChI is InChI=1S/C10H17NO8S2/c1-19-9(12)3-2-8(10(13)14)11-21(17,18)7-4-5-20(15,16)6-7/h7-8,11H,2-6H2,1H3,(H,13,14). The summed E-state index contributed by atoms with van der Waals surface area (Å²) in [7, 11) is -6.37. The highest BCUT2D eigenvalue weighted by Crippen LogP contribution is 2.19. The molecule has 0 bridgehead atoms. The highest BCUT2D eigenvalue weighted by atomic mass is 32.2. The number of sulfone groups is 1. The Kier molecular flexibility index (Phi) is 5.70. The summed E-state index contributed by atoms with van der Waals surface area (Å²) < 4.78 is 52.9. The third kappa shape index (κ3) is 5.25. The van der Waals surface area contributed by atoms with Gasteiger partial charge in [-0.15, -0.1) is 0 Å². The van der Waals surface area contributed by atoms with Gasteiger partial charge in [-0.1, -0.05) is 0 Å². The topological polar surface area (TPSA) is 144 Å². The van der Waals surface area contributed by atoms with Crippen molar-refractivity contribution in [3.05, 3.63) is 0 Å². The van der Waals surface area contributed by atoms with Gasteiger partial charge in [-0.3, -0.25) is 9.59 Å². The van der Waals surface area contributed by atoms with Gasteiger partial charge in [0.25, 0.3) is 0 Å². The second-order valence-corrected chi connectivity index (χ2v) is 8.91. The maximum absolute atomic E-state index is 12.0. The van der Waals surface area contributed by atoms with Gasteiger partial charge in [-0.05, 0) is 12.8 Å². The van der Waals surface area contributed by atoms with E-state index in [0.29, 0.717) is 0 Å². The Labute approximate surface area is 122 Å². The summed E-state index contributed by atoms with van der Waals surface area (Å²) in [5.74, 6) is -2.86. The molecular weight excluding hydrogens is 326 g/mol. The van der Waals surface area contributed by atoms with Gasteiger partial charge in [-0.25, -0.2) is 21.6 Å². The summed E-state index contributed by atoms with van der Waals surface area (Å²) in [5, 5.41) is 7.81. The first-order chi connectivity index (χ1) is 9.57. The molecule has 1 rings (SSSR count). The lowest BCUT2D eigenvalue weighted by Crippen LogP contribution is -2.45. The molecule has 2 atom stereocenters. The van der Waals surface area contributed by atoms with Gasteiger partial charge in [0.1, 0.15) is 6.04 Å². The number of carbonyl (C=O) groups is 2. The van der Waals surface area contributed by atoms with Crippen LogP contribution in [0.3, 0.4) is 0 Å². The van der Waals surface area contributed by atoms with Crippen molar-refractivity contribution in [2.75, 3.05) is 18.6 Å². The Morgan fingerprint density at radius 1 is 1.43 bits per heavy atom. The van der Waals surface area contributed by atoms with Gasteiger partial charge in [0.2, 0.25) is 10.0 Å². The van der Waals surface area contributed by atoms with Gasteiger partial charge in [0.15, 0.2) is 9.84 Å². The van der Waals surface area contributed by atoms with Crippen molar-refractivity contribution in [1.29, 1.82) is 0 Å². The number of methoxy groups -OCH3 is 1. The molecule has 21 heavy (non-hydrogen) atoms. The van der Waals surface area contributed by atoms with Crippen LogP contribution in [0.25, 0.3) is 0 Å². The van der Waals surface area contributed by atoms with Gasteiger partial charge < -0.3 is 9.84 Å². The van der Waals surface area contributed by atoms with E-state index in [0.717, 1.165) is 7.11 Å². The second-order valence-electron chi connectivity index (χ2n) is 4.69. The predicted octanol–water partition coefficient (Wildman–Crippen LogP) is -1.50. The molecule has 1 aliphatic heterocycles. The molecule has 0 aromatic heterocycles. The number of ether oxygens (including phenoxy) is 1. The highest BCUT2D eigenvalue weighted by Gasteiger charge is 2.39. The molecular formula is C10H17NO8S2. The fourth-order valence-electron chi connectivity index (χ4n) is 1.90. The number of carboxylic acids is 1. The lowest BCUT2D eigenvalue weighted by atomic mass is 10.2. The van der Waals surface area contributed by atoms with E-state index in [1.807, 2.05) is 4.72 Å². The lowest BCUT2D eigenvalue weighted by Gasteiger charge is -2.17. The first-order valence-electron chi connectivity index (χ1n) is 6.08. The van der Waals surface area contributed by atoms with Gasteiger partial charge >= 0.3 is 11.9 Å². The third-order valence-corrected chi connectivity index (χ3v) is 6.97. The van der Waals surface area contributed by atoms with E-state index in [4.69, 9.17) is 5.11 Å². The van der Waals surface area contributed by atoms with Crippen LogP contribution in [0.4, 0.5) is 0 Å². The first-order valence-corrected chi connectivity index (χ1v) is 9.45. The number of aliphatic carboxylic acids is 1. The van der Waals surface area contributed by atoms with Crippen molar-refractivity contribution >= 4 is 31.8 Å². The van der Waals surface area contributed by atoms with E-state index < -0.39 is 48.8 Å². The summed E-state index contributed by atoms with van der Waals surface area (Å²) in [6.07, 6.45) is -0.610. The van der Waals surface area contributed by atoms with Crippen LogP contribution >= 0.6 is 0 Å². The van der Waals surface area contributed by atoms with E-state index >= 15 is 0 Å². The minimum atomic E-state index is -4.09. The lowest BCUT2D eigenvalue weighted by molar-refractivity contribution is -0.142. The van der Waals surface area contributed by atoms with Crippen molar-refractivity contribution in [3.63, 3.8) is 0 Å². The number of sulfonamides is 1. The molecule has 1 aliphatic rings. The van der Waals surface area contributed by atoms with E-state index in [1.54, 1.807) is 0 Å². The van der Waals surface area contributed by atoms with Crippen LogP contribution < -0.4 is 4.72 Å². The van der Waals surface area contributed by atoms with Crippen LogP contribution in [0.15, 0.2) is 0 Å². The van der Waals surface area contributed by atoms with E-state index in [2.05, 4.69) is 4.74 Å². The zero-order chi connectivity index (χ0) is 16.3. The first kappa shape index (κ1) is 17.9. The number of nitrogens with one attached hydrogen (secondary N) is 1. The molecule has 2 N–H and O–H groups in total. The number of rotatable bonds is 7. The van der Waals surface area contributed by atoms with E-state index in [-0.39, 0.29) is 25.0 Å². The van der Waals surface area contributed by atoms with E-state index in [9.17, 15) is 26.4 Å². The number of hydrogen-bond acceptors (Lipinski definition) is 7. The molecule has 9 nitrogen and oxygen atoms in total. The van der Waals surface area contributed by atoms with Crippen LogP contribution in [0, 0.1) is 0 Å². The van der Waals surface area contributed by atoms with Gasteiger partial charge in [0, 0.05) is 6.42 Å². The van der Waals surface area contributed by atoms with Crippen molar-refractivity contribution in [1.82, 2.24) is 4.72 Å². The maximum atomic E-state index is 12.0. The summed E-state index contributed by atoms with van der Waals surface area (Å²) in [6, 6.07) is -1.50. The molecule has 11 heteroatoms. The summed E-state index contributed by atoms with van der Waals surface area (Å²) >= 11 is 0. The summed E-state index contributed by atoms with van der Waals surface area (Å²) in [6.45, 7) is 0. The van der Waals surface area contributed by atoms with Crippen LogP contribution in [0.2, 0.25) is 0 Å². The monoisotopic (exact) mass is 343 g/mol. The minimum Gasteiger partial charge on any atom is -0.480 e. The van der Waals surface area contributed by atoms with Gasteiger partial charge in [-0.2, -0.15) is 0 Å². The molecule has 2 unspecified atom stereocenters. The smallest absolute Gasteiger partial charge is 0.321 e. The number of carboxylic acid groups (broad SMARTS) is 1. The number of hydrogen-bond donors (Lipinski definition) is 2. The van der Waals surface area contributed by atoms with Crippen LogP contribution in [0.1, 0.15) is 19.3 Å². The summed E-state index contributed by atoms with van der Waals surface area (Å²) in [5.41, 5.74) is 0. The highest BCUT2D eigenvalue weighted by molar-refractivity contribution is 7.95. The molecule has 0 spiro atoms. The number of esters is 1. The molecule has 0 saturated carbocycles. The Hall–Kier alpha value is -1.20. The largest absolute Gasteiger partial charge is 0.480 e. The van der Waals surface area contributed by atoms with Crippen LogP contribution in [0.5, 0.6) is 0 Å². The maximum Gasteiger partial charge on any atom is 0.321 e. The molecule has 1 saturated heterocycles. The summed E-state index contributed by atoms with van der Waals surface area (Å²) in [4.78, 5) is 22.0. The molecule has 1 heterocycles. The normalized spacial score (nSPS) is 22.6. The zero-order valence-corrected chi connectivity index (χ0v) is 12.9. The quantitative estimate of drug-likeness (QED) is 0.531. The molecule has 0 aromatic rings. The Bertz CT molecular complexity index is 609. The van der Waals surface area contributed by atoms with Crippen molar-refractivity contribution in [3.8, 4) is 0 Å². The van der Waals surface area contributed by atoms with E-state index in [1.165, 1.54) is 0 Å². The second kappa shape index (κ2) is 6.71. The number of carbonyl (C=O) groups excluding carboxylic acids is 1. The van der Waals surface area contributed by atoms with Crippen LogP contribution in [-0.4, -0.2) is 63.8 Å². The zero-order valence-electron chi connectivity index (χ0n) is 11.3. The van der Waals surface area contributed by atoms with Gasteiger partial charge in [0.05, 0.1) is 23.9 Å². The minimum absolute atomic E-state index is 0.0684. The molecule has 0 radical (unpaired) electrons. The average Bonchev–Trinajstić information content (AvgIpc) is 2.74. The fourth-order valence-corrected chi connectivity index (χ4v) is 6.16. The van der Waals surface area contributed by atoms with Crippen molar-refractivity contribution in [2.24, 2.45) is 0 Å². The third-order valence-electron chi connectivity index (χ3n) is 3.10.